The van der Waals surface area contributed by atoms with E-state index in [0.29, 0.717) is 16.1 Å². The average molecular weight is 502 g/mol. The highest BCUT2D eigenvalue weighted by Gasteiger charge is 2.14. The highest BCUT2D eigenvalue weighted by molar-refractivity contribution is 7.07. The van der Waals surface area contributed by atoms with Crippen LogP contribution in [0.4, 0.5) is 5.69 Å². The highest BCUT2D eigenvalue weighted by Crippen LogP contribution is 2.36. The molecule has 0 radical (unpaired) electrons. The Morgan fingerprint density at radius 2 is 1.64 bits per heavy atom. The number of hydrogen-bond donors (Lipinski definition) is 1. The zero-order valence-electron chi connectivity index (χ0n) is 19.8. The number of benzene rings is 3. The molecule has 0 bridgehead atoms. The molecule has 3 aromatic carbocycles. The summed E-state index contributed by atoms with van der Waals surface area (Å²) in [5.41, 5.74) is 2.96. The molecule has 0 saturated carbocycles. The van der Waals surface area contributed by atoms with Gasteiger partial charge in [0.1, 0.15) is 17.0 Å². The van der Waals surface area contributed by atoms with Crippen molar-refractivity contribution < 1.29 is 23.7 Å². The first-order chi connectivity index (χ1) is 17.6. The first-order valence-electron chi connectivity index (χ1n) is 11.0. The molecule has 0 unspecified atom stereocenters. The molecule has 1 N–H and O–H groups in total. The van der Waals surface area contributed by atoms with Crippen LogP contribution in [0.3, 0.4) is 0 Å². The molecule has 0 saturated heterocycles. The molecule has 5 rings (SSSR count). The third-order valence-electron chi connectivity index (χ3n) is 5.48. The van der Waals surface area contributed by atoms with E-state index in [9.17, 15) is 5.11 Å². The number of aromatic nitrogens is 1. The van der Waals surface area contributed by atoms with Crippen molar-refractivity contribution in [3.8, 4) is 34.5 Å². The van der Waals surface area contributed by atoms with Crippen LogP contribution in [0.1, 0.15) is 5.56 Å². The minimum absolute atomic E-state index is 0.0708. The Hall–Kier alpha value is -4.50. The van der Waals surface area contributed by atoms with E-state index in [-0.39, 0.29) is 17.2 Å². The number of methoxy groups -OCH3 is 3. The first kappa shape index (κ1) is 23.3. The summed E-state index contributed by atoms with van der Waals surface area (Å²) < 4.78 is 23.6. The van der Waals surface area contributed by atoms with Crippen molar-refractivity contribution in [2.45, 2.75) is 0 Å². The topological polar surface area (TPSA) is 90.7 Å². The van der Waals surface area contributed by atoms with Crippen molar-refractivity contribution >= 4 is 34.2 Å². The molecular weight excluding hydrogens is 478 g/mol. The predicted molar refractivity (Wildman–Crippen MR) is 140 cm³/mol. The van der Waals surface area contributed by atoms with Gasteiger partial charge in [0.05, 0.1) is 33.2 Å². The van der Waals surface area contributed by atoms with E-state index in [2.05, 4.69) is 0 Å². The van der Waals surface area contributed by atoms with E-state index in [1.807, 2.05) is 60.0 Å². The number of nitrogens with zero attached hydrogens (tertiary/aromatic N) is 3. The molecule has 36 heavy (non-hydrogen) atoms. The molecule has 0 aliphatic heterocycles. The van der Waals surface area contributed by atoms with Gasteiger partial charge in [0, 0.05) is 16.3 Å². The van der Waals surface area contributed by atoms with Crippen LogP contribution in [0, 0.1) is 0 Å². The zero-order valence-corrected chi connectivity index (χ0v) is 20.7. The lowest BCUT2D eigenvalue weighted by atomic mass is 10.2. The van der Waals surface area contributed by atoms with Crippen molar-refractivity contribution in [1.82, 2.24) is 4.68 Å². The van der Waals surface area contributed by atoms with Gasteiger partial charge in [-0.2, -0.15) is 5.10 Å². The van der Waals surface area contributed by atoms with Gasteiger partial charge >= 0.3 is 0 Å². The van der Waals surface area contributed by atoms with Crippen molar-refractivity contribution in [3.05, 3.63) is 82.5 Å². The fourth-order valence-corrected chi connectivity index (χ4v) is 4.48. The molecule has 0 atom stereocenters. The molecule has 5 aromatic rings. The molecule has 0 aliphatic carbocycles. The molecule has 2 heterocycles. The van der Waals surface area contributed by atoms with E-state index in [1.165, 1.54) is 25.6 Å². The number of rotatable bonds is 7. The van der Waals surface area contributed by atoms with Gasteiger partial charge in [0.25, 0.3) is 0 Å². The summed E-state index contributed by atoms with van der Waals surface area (Å²) in [5.74, 6) is 1.92. The third-order valence-corrected chi connectivity index (χ3v) is 6.30. The lowest BCUT2D eigenvalue weighted by Crippen LogP contribution is -2.11. The standard InChI is InChI=1S/C27H23N3O5S/c1-32-20-10-8-19(9-11-20)29-27-30(28-15-17-12-24(33-2)26(31)25(13-17)34-3)21(16-36-27)23-14-18-6-4-5-7-22(18)35-23/h4-16,31H,1-3H3. The summed E-state index contributed by atoms with van der Waals surface area (Å²) >= 11 is 1.44. The van der Waals surface area contributed by atoms with Gasteiger partial charge in [0.2, 0.25) is 10.6 Å². The van der Waals surface area contributed by atoms with E-state index < -0.39 is 0 Å². The van der Waals surface area contributed by atoms with Gasteiger partial charge in [-0.3, -0.25) is 0 Å². The van der Waals surface area contributed by atoms with Gasteiger partial charge in [0.15, 0.2) is 17.3 Å². The average Bonchev–Trinajstić information content (AvgIpc) is 3.52. The Bertz CT molecular complexity index is 1550. The van der Waals surface area contributed by atoms with Crippen molar-refractivity contribution in [1.29, 1.82) is 0 Å². The number of phenolic OH excluding ortho intramolecular Hbond substituents is 1. The van der Waals surface area contributed by atoms with Crippen LogP contribution in [0.25, 0.3) is 22.4 Å². The van der Waals surface area contributed by atoms with Crippen LogP contribution < -0.4 is 19.0 Å². The van der Waals surface area contributed by atoms with Crippen LogP contribution in [0.5, 0.6) is 23.0 Å². The normalized spacial score (nSPS) is 11.9. The summed E-state index contributed by atoms with van der Waals surface area (Å²) in [7, 11) is 4.59. The molecular formula is C27H23N3O5S. The Balaban J connectivity index is 1.64. The molecule has 0 aliphatic rings. The third kappa shape index (κ3) is 4.56. The summed E-state index contributed by atoms with van der Waals surface area (Å²) in [6.07, 6.45) is 1.65. The van der Waals surface area contributed by atoms with E-state index >= 15 is 0 Å². The maximum absolute atomic E-state index is 10.2. The fourth-order valence-electron chi connectivity index (χ4n) is 3.65. The van der Waals surface area contributed by atoms with Gasteiger partial charge in [-0.25, -0.2) is 9.67 Å². The van der Waals surface area contributed by atoms with Gasteiger partial charge < -0.3 is 23.7 Å². The number of aromatic hydroxyl groups is 1. The Morgan fingerprint density at radius 3 is 2.31 bits per heavy atom. The monoisotopic (exact) mass is 501 g/mol. The summed E-state index contributed by atoms with van der Waals surface area (Å²) in [4.78, 5) is 5.43. The SMILES string of the molecule is COc1ccc(N=c2scc(-c3cc4ccccc4o3)n2N=Cc2cc(OC)c(O)c(OC)c2)cc1. The molecule has 182 valence electrons. The maximum atomic E-state index is 10.2. The lowest BCUT2D eigenvalue weighted by Gasteiger charge is -2.09. The minimum Gasteiger partial charge on any atom is -0.502 e. The molecule has 9 heteroatoms. The van der Waals surface area contributed by atoms with E-state index in [1.54, 1.807) is 30.1 Å². The van der Waals surface area contributed by atoms with Crippen LogP contribution in [0.15, 0.2) is 86.6 Å². The number of phenols is 1. The summed E-state index contributed by atoms with van der Waals surface area (Å²) in [6, 6.07) is 20.6. The molecule has 0 fully saturated rings. The maximum Gasteiger partial charge on any atom is 0.211 e. The number of furan rings is 1. The van der Waals surface area contributed by atoms with Crippen molar-refractivity contribution in [2.75, 3.05) is 21.3 Å². The van der Waals surface area contributed by atoms with Crippen LogP contribution in [-0.2, 0) is 0 Å². The van der Waals surface area contributed by atoms with Crippen molar-refractivity contribution in [3.63, 3.8) is 0 Å². The van der Waals surface area contributed by atoms with Crippen LogP contribution >= 0.6 is 11.3 Å². The van der Waals surface area contributed by atoms with Crippen LogP contribution in [-0.4, -0.2) is 37.3 Å². The van der Waals surface area contributed by atoms with E-state index in [4.69, 9.17) is 28.7 Å². The van der Waals surface area contributed by atoms with E-state index in [0.717, 1.165) is 28.1 Å². The van der Waals surface area contributed by atoms with Gasteiger partial charge in [-0.15, -0.1) is 11.3 Å². The second-order valence-electron chi connectivity index (χ2n) is 7.69. The molecule has 2 aromatic heterocycles. The Morgan fingerprint density at radius 1 is 0.917 bits per heavy atom. The highest BCUT2D eigenvalue weighted by atomic mass is 32.1. The first-order valence-corrected chi connectivity index (χ1v) is 11.8. The zero-order chi connectivity index (χ0) is 25.1. The fraction of sp³-hybridized carbons (Fsp3) is 0.111. The van der Waals surface area contributed by atoms with Gasteiger partial charge in [-0.05, 0) is 48.5 Å². The number of fused-ring (bicyclic) bond motifs is 1. The van der Waals surface area contributed by atoms with Crippen molar-refractivity contribution in [2.24, 2.45) is 10.1 Å². The summed E-state index contributed by atoms with van der Waals surface area (Å²) in [5, 5.41) is 17.9. The number of thiazole rings is 1. The lowest BCUT2D eigenvalue weighted by molar-refractivity contribution is 0.340. The predicted octanol–water partition coefficient (Wildman–Crippen LogP) is 5.81. The molecule has 8 nitrogen and oxygen atoms in total. The number of para-hydroxylation sites is 1. The largest absolute Gasteiger partial charge is 0.502 e. The summed E-state index contributed by atoms with van der Waals surface area (Å²) in [6.45, 7) is 0. The number of hydrogen-bond acceptors (Lipinski definition) is 8. The quantitative estimate of drug-likeness (QED) is 0.284. The molecule has 0 amide bonds. The smallest absolute Gasteiger partial charge is 0.211 e. The van der Waals surface area contributed by atoms with Gasteiger partial charge in [-0.1, -0.05) is 18.2 Å². The number of ether oxygens (including phenoxy) is 3. The Labute approximate surface area is 211 Å². The second kappa shape index (κ2) is 10.0. The Kier molecular flexibility index (Phi) is 6.46. The second-order valence-corrected chi connectivity index (χ2v) is 8.53. The van der Waals surface area contributed by atoms with Crippen LogP contribution in [0.2, 0.25) is 0 Å². The minimum atomic E-state index is -0.0708. The molecule has 0 spiro atoms.